The van der Waals surface area contributed by atoms with Gasteiger partial charge in [-0.2, -0.15) is 4.52 Å². The molecular formula is C22H23N7O. The van der Waals surface area contributed by atoms with Crippen LogP contribution < -0.4 is 15.4 Å². The lowest BCUT2D eigenvalue weighted by Gasteiger charge is -2.12. The average Bonchev–Trinajstić information content (AvgIpc) is 3.56. The molecule has 1 saturated carbocycles. The highest BCUT2D eigenvalue weighted by Crippen LogP contribution is 2.39. The molecule has 0 atom stereocenters. The summed E-state index contributed by atoms with van der Waals surface area (Å²) in [6.07, 6.45) is 4.08. The highest BCUT2D eigenvalue weighted by Gasteiger charge is 2.30. The van der Waals surface area contributed by atoms with E-state index < -0.39 is 0 Å². The summed E-state index contributed by atoms with van der Waals surface area (Å²) in [5.74, 6) is 2.99. The molecule has 8 heteroatoms. The molecule has 5 rings (SSSR count). The molecule has 0 saturated heterocycles. The Kier molecular flexibility index (Phi) is 4.88. The summed E-state index contributed by atoms with van der Waals surface area (Å²) >= 11 is 0. The van der Waals surface area contributed by atoms with E-state index in [2.05, 4.69) is 25.8 Å². The zero-order chi connectivity index (χ0) is 20.3. The molecule has 1 aliphatic carbocycles. The molecule has 0 bridgehead atoms. The van der Waals surface area contributed by atoms with E-state index >= 15 is 0 Å². The standard InChI is InChI=1S/C22H23N7O/c1-30-18-9-5-15(6-10-18)13-25-20-12-19(24-14-17-4-2-3-11-23-17)22-27-26-21(16-7-8-16)29(22)28-20/h2-6,9-12,16,24H,7-8,13-14H2,1H3,(H,25,28). The highest BCUT2D eigenvalue weighted by atomic mass is 16.5. The largest absolute Gasteiger partial charge is 0.497 e. The van der Waals surface area contributed by atoms with Crippen molar-refractivity contribution in [1.29, 1.82) is 0 Å². The van der Waals surface area contributed by atoms with Gasteiger partial charge in [-0.1, -0.05) is 18.2 Å². The van der Waals surface area contributed by atoms with Gasteiger partial charge in [0.1, 0.15) is 11.6 Å². The molecule has 3 heterocycles. The zero-order valence-electron chi connectivity index (χ0n) is 16.7. The molecule has 0 unspecified atom stereocenters. The number of benzene rings is 1. The van der Waals surface area contributed by atoms with Crippen LogP contribution in [0.2, 0.25) is 0 Å². The van der Waals surface area contributed by atoms with E-state index in [0.29, 0.717) is 19.0 Å². The molecule has 1 fully saturated rings. The first kappa shape index (κ1) is 18.4. The number of rotatable bonds is 8. The normalized spacial score (nSPS) is 13.4. The third-order valence-corrected chi connectivity index (χ3v) is 5.16. The number of nitrogens with zero attached hydrogens (tertiary/aromatic N) is 5. The highest BCUT2D eigenvalue weighted by molar-refractivity contribution is 5.70. The second kappa shape index (κ2) is 7.98. The van der Waals surface area contributed by atoms with Crippen molar-refractivity contribution in [3.63, 3.8) is 0 Å². The molecule has 2 N–H and O–H groups in total. The lowest BCUT2D eigenvalue weighted by atomic mass is 10.2. The molecule has 0 radical (unpaired) electrons. The van der Waals surface area contributed by atoms with E-state index in [1.165, 1.54) is 0 Å². The molecule has 30 heavy (non-hydrogen) atoms. The van der Waals surface area contributed by atoms with Crippen molar-refractivity contribution >= 4 is 17.2 Å². The van der Waals surface area contributed by atoms with Gasteiger partial charge in [0.25, 0.3) is 0 Å². The zero-order valence-corrected chi connectivity index (χ0v) is 16.7. The molecular weight excluding hydrogens is 378 g/mol. The molecule has 8 nitrogen and oxygen atoms in total. The van der Waals surface area contributed by atoms with Crippen LogP contribution in [-0.2, 0) is 13.1 Å². The minimum atomic E-state index is 0.452. The number of fused-ring (bicyclic) bond motifs is 1. The van der Waals surface area contributed by atoms with Gasteiger partial charge in [0.05, 0.1) is 25.0 Å². The van der Waals surface area contributed by atoms with Gasteiger partial charge in [-0.3, -0.25) is 4.98 Å². The van der Waals surface area contributed by atoms with E-state index in [-0.39, 0.29) is 0 Å². The van der Waals surface area contributed by atoms with Crippen LogP contribution in [-0.4, -0.2) is 31.9 Å². The van der Waals surface area contributed by atoms with Gasteiger partial charge >= 0.3 is 0 Å². The van der Waals surface area contributed by atoms with E-state index in [1.807, 2.05) is 53.0 Å². The molecule has 152 valence electrons. The number of hydrogen-bond acceptors (Lipinski definition) is 7. The predicted molar refractivity (Wildman–Crippen MR) is 115 cm³/mol. The van der Waals surface area contributed by atoms with Crippen LogP contribution in [0.4, 0.5) is 11.5 Å². The topological polar surface area (TPSA) is 89.3 Å². The number of pyridine rings is 1. The average molecular weight is 401 g/mol. The van der Waals surface area contributed by atoms with E-state index in [9.17, 15) is 0 Å². The predicted octanol–water partition coefficient (Wildman–Crippen LogP) is 3.63. The number of aromatic nitrogens is 5. The van der Waals surface area contributed by atoms with Crippen LogP contribution in [0.5, 0.6) is 5.75 Å². The Bertz CT molecular complexity index is 1140. The maximum atomic E-state index is 5.23. The molecule has 1 aliphatic rings. The number of anilines is 2. The smallest absolute Gasteiger partial charge is 0.201 e. The van der Waals surface area contributed by atoms with Gasteiger partial charge in [-0.15, -0.1) is 15.3 Å². The Morgan fingerprint density at radius 2 is 1.90 bits per heavy atom. The summed E-state index contributed by atoms with van der Waals surface area (Å²) in [6.45, 7) is 1.26. The van der Waals surface area contributed by atoms with Gasteiger partial charge in [-0.25, -0.2) is 0 Å². The van der Waals surface area contributed by atoms with Crippen molar-refractivity contribution in [3.8, 4) is 5.75 Å². The summed E-state index contributed by atoms with van der Waals surface area (Å²) in [7, 11) is 1.67. The fourth-order valence-electron chi connectivity index (χ4n) is 3.33. The molecule has 4 aromatic rings. The van der Waals surface area contributed by atoms with Crippen LogP contribution in [0.15, 0.2) is 54.7 Å². The summed E-state index contributed by atoms with van der Waals surface area (Å²) in [5.41, 5.74) is 3.73. The van der Waals surface area contributed by atoms with Crippen LogP contribution in [0.25, 0.3) is 5.65 Å². The van der Waals surface area contributed by atoms with Gasteiger partial charge < -0.3 is 15.4 Å². The number of hydrogen-bond donors (Lipinski definition) is 2. The van der Waals surface area contributed by atoms with Crippen molar-refractivity contribution < 1.29 is 4.74 Å². The molecule has 0 spiro atoms. The van der Waals surface area contributed by atoms with Crippen molar-refractivity contribution in [2.24, 2.45) is 0 Å². The third kappa shape index (κ3) is 3.89. The lowest BCUT2D eigenvalue weighted by molar-refractivity contribution is 0.414. The van der Waals surface area contributed by atoms with Crippen molar-refractivity contribution in [3.05, 3.63) is 71.8 Å². The van der Waals surface area contributed by atoms with Gasteiger partial charge in [0.15, 0.2) is 5.82 Å². The molecule has 1 aromatic carbocycles. The molecule has 0 aliphatic heterocycles. The van der Waals surface area contributed by atoms with Gasteiger partial charge in [0, 0.05) is 24.7 Å². The third-order valence-electron chi connectivity index (χ3n) is 5.16. The molecule has 0 amide bonds. The van der Waals surface area contributed by atoms with Gasteiger partial charge in [0.2, 0.25) is 5.65 Å². The second-order valence-corrected chi connectivity index (χ2v) is 7.39. The number of methoxy groups -OCH3 is 1. The summed E-state index contributed by atoms with van der Waals surface area (Å²) in [6, 6.07) is 15.9. The Labute approximate surface area is 174 Å². The fourth-order valence-corrected chi connectivity index (χ4v) is 3.33. The van der Waals surface area contributed by atoms with E-state index in [0.717, 1.165) is 52.8 Å². The minimum Gasteiger partial charge on any atom is -0.497 e. The molecule has 3 aromatic heterocycles. The quantitative estimate of drug-likeness (QED) is 0.466. The SMILES string of the molecule is COc1ccc(CNc2cc(NCc3ccccn3)c3nnc(C4CC4)n3n2)cc1. The fraction of sp³-hybridized carbons (Fsp3) is 0.273. The van der Waals surface area contributed by atoms with E-state index in [1.54, 1.807) is 13.3 Å². The lowest BCUT2D eigenvalue weighted by Crippen LogP contribution is -2.09. The van der Waals surface area contributed by atoms with Crippen LogP contribution in [0.1, 0.15) is 35.8 Å². The first-order chi connectivity index (χ1) is 14.8. The Morgan fingerprint density at radius 3 is 2.63 bits per heavy atom. The van der Waals surface area contributed by atoms with Crippen molar-refractivity contribution in [2.45, 2.75) is 31.8 Å². The Hall–Kier alpha value is -3.68. The second-order valence-electron chi connectivity index (χ2n) is 7.39. The monoisotopic (exact) mass is 401 g/mol. The van der Waals surface area contributed by atoms with Crippen LogP contribution in [0.3, 0.4) is 0 Å². The van der Waals surface area contributed by atoms with Crippen LogP contribution >= 0.6 is 0 Å². The summed E-state index contributed by atoms with van der Waals surface area (Å²) in [4.78, 5) is 4.38. The first-order valence-electron chi connectivity index (χ1n) is 10.1. The first-order valence-corrected chi connectivity index (χ1v) is 10.1. The number of ether oxygens (including phenoxy) is 1. The van der Waals surface area contributed by atoms with Gasteiger partial charge in [-0.05, 0) is 42.7 Å². The van der Waals surface area contributed by atoms with Crippen LogP contribution in [0, 0.1) is 0 Å². The summed E-state index contributed by atoms with van der Waals surface area (Å²) in [5, 5.41) is 20.4. The summed E-state index contributed by atoms with van der Waals surface area (Å²) < 4.78 is 7.10. The van der Waals surface area contributed by atoms with E-state index in [4.69, 9.17) is 9.84 Å². The maximum absolute atomic E-state index is 5.23. The Balaban J connectivity index is 1.41. The number of nitrogens with one attached hydrogen (secondary N) is 2. The van der Waals surface area contributed by atoms with Crippen molar-refractivity contribution in [1.82, 2.24) is 24.8 Å². The van der Waals surface area contributed by atoms with Crippen molar-refractivity contribution in [2.75, 3.05) is 17.7 Å². The minimum absolute atomic E-state index is 0.452. The maximum Gasteiger partial charge on any atom is 0.201 e. The Morgan fingerprint density at radius 1 is 1.03 bits per heavy atom.